The Morgan fingerprint density at radius 3 is 2.76 bits per heavy atom. The number of anilines is 1. The molecule has 0 saturated carbocycles. The van der Waals surface area contributed by atoms with E-state index in [1.54, 1.807) is 6.20 Å². The maximum atomic E-state index is 11.8. The lowest BCUT2D eigenvalue weighted by Gasteiger charge is -2.14. The normalized spacial score (nSPS) is 10.6. The Bertz CT molecular complexity index is 684. The standard InChI is InChI=1S/C15H18N4OS/c1-9(2)19-13(20)8-18-14-10-5-3-4-6-12(10)17-7-11(14)15(16)21/h3-7,9H,8H2,1-2H3,(H2,16,21)(H,17,18)(H,19,20). The molecular formula is C15H18N4OS. The van der Waals surface area contributed by atoms with E-state index in [2.05, 4.69) is 15.6 Å². The molecule has 0 unspecified atom stereocenters. The summed E-state index contributed by atoms with van der Waals surface area (Å²) < 4.78 is 0. The van der Waals surface area contributed by atoms with Gasteiger partial charge in [-0.1, -0.05) is 30.4 Å². The zero-order valence-electron chi connectivity index (χ0n) is 12.0. The molecule has 0 saturated heterocycles. The summed E-state index contributed by atoms with van der Waals surface area (Å²) in [5.41, 5.74) is 7.95. The fraction of sp³-hybridized carbons (Fsp3) is 0.267. The van der Waals surface area contributed by atoms with Crippen molar-refractivity contribution in [3.8, 4) is 0 Å². The van der Waals surface area contributed by atoms with E-state index in [9.17, 15) is 4.79 Å². The van der Waals surface area contributed by atoms with Crippen LogP contribution in [-0.4, -0.2) is 28.5 Å². The molecule has 0 aliphatic rings. The van der Waals surface area contributed by atoms with Crippen LogP contribution in [0.5, 0.6) is 0 Å². The number of thiocarbonyl (C=S) groups is 1. The molecule has 21 heavy (non-hydrogen) atoms. The van der Waals surface area contributed by atoms with E-state index in [4.69, 9.17) is 18.0 Å². The Kier molecular flexibility index (Phi) is 4.70. The van der Waals surface area contributed by atoms with E-state index in [1.165, 1.54) is 0 Å². The van der Waals surface area contributed by atoms with Gasteiger partial charge in [0.25, 0.3) is 0 Å². The van der Waals surface area contributed by atoms with Gasteiger partial charge in [0.15, 0.2) is 0 Å². The maximum Gasteiger partial charge on any atom is 0.239 e. The molecule has 2 rings (SSSR count). The number of nitrogens with one attached hydrogen (secondary N) is 2. The van der Waals surface area contributed by atoms with Crippen molar-refractivity contribution in [1.82, 2.24) is 10.3 Å². The molecule has 2 aromatic rings. The Balaban J connectivity index is 2.33. The number of hydrogen-bond donors (Lipinski definition) is 3. The number of aromatic nitrogens is 1. The van der Waals surface area contributed by atoms with Crippen molar-refractivity contribution in [1.29, 1.82) is 0 Å². The number of carbonyl (C=O) groups excluding carboxylic acids is 1. The van der Waals surface area contributed by atoms with E-state index < -0.39 is 0 Å². The summed E-state index contributed by atoms with van der Waals surface area (Å²) >= 11 is 5.06. The first-order chi connectivity index (χ1) is 9.99. The lowest BCUT2D eigenvalue weighted by Crippen LogP contribution is -2.35. The minimum Gasteiger partial charge on any atom is -0.389 e. The second-order valence-electron chi connectivity index (χ2n) is 5.00. The predicted octanol–water partition coefficient (Wildman–Crippen LogP) is 1.81. The van der Waals surface area contributed by atoms with E-state index in [0.29, 0.717) is 5.56 Å². The number of benzene rings is 1. The first kappa shape index (κ1) is 15.2. The molecule has 1 amide bonds. The van der Waals surface area contributed by atoms with Crippen LogP contribution in [0.3, 0.4) is 0 Å². The quantitative estimate of drug-likeness (QED) is 0.734. The molecule has 6 heteroatoms. The smallest absolute Gasteiger partial charge is 0.239 e. The molecule has 5 nitrogen and oxygen atoms in total. The minimum atomic E-state index is -0.0835. The summed E-state index contributed by atoms with van der Waals surface area (Å²) in [7, 11) is 0. The van der Waals surface area contributed by atoms with E-state index in [1.807, 2.05) is 38.1 Å². The molecule has 0 radical (unpaired) electrons. The zero-order valence-corrected chi connectivity index (χ0v) is 12.8. The van der Waals surface area contributed by atoms with E-state index in [0.717, 1.165) is 16.6 Å². The average Bonchev–Trinajstić information content (AvgIpc) is 2.43. The summed E-state index contributed by atoms with van der Waals surface area (Å²) in [6, 6.07) is 7.74. The zero-order chi connectivity index (χ0) is 15.4. The second-order valence-corrected chi connectivity index (χ2v) is 5.44. The highest BCUT2D eigenvalue weighted by Gasteiger charge is 2.12. The Labute approximate surface area is 128 Å². The number of pyridine rings is 1. The minimum absolute atomic E-state index is 0.0835. The molecule has 0 aliphatic carbocycles. The summed E-state index contributed by atoms with van der Waals surface area (Å²) in [5.74, 6) is -0.0835. The summed E-state index contributed by atoms with van der Waals surface area (Å²) in [6.07, 6.45) is 1.63. The van der Waals surface area contributed by atoms with Crippen molar-refractivity contribution in [3.05, 3.63) is 36.0 Å². The fourth-order valence-corrected chi connectivity index (χ4v) is 2.22. The molecule has 0 bridgehead atoms. The largest absolute Gasteiger partial charge is 0.389 e. The Morgan fingerprint density at radius 2 is 2.10 bits per heavy atom. The molecule has 0 aliphatic heterocycles. The highest BCUT2D eigenvalue weighted by Crippen LogP contribution is 2.25. The van der Waals surface area contributed by atoms with Gasteiger partial charge >= 0.3 is 0 Å². The number of nitrogens with zero attached hydrogens (tertiary/aromatic N) is 1. The van der Waals surface area contributed by atoms with Crippen LogP contribution in [0.4, 0.5) is 5.69 Å². The van der Waals surface area contributed by atoms with Crippen molar-refractivity contribution in [3.63, 3.8) is 0 Å². The molecule has 0 spiro atoms. The highest BCUT2D eigenvalue weighted by atomic mass is 32.1. The van der Waals surface area contributed by atoms with Gasteiger partial charge in [0.1, 0.15) is 4.99 Å². The van der Waals surface area contributed by atoms with Gasteiger partial charge in [0.2, 0.25) is 5.91 Å². The third kappa shape index (κ3) is 3.66. The third-order valence-electron chi connectivity index (χ3n) is 2.92. The number of carbonyl (C=O) groups is 1. The Morgan fingerprint density at radius 1 is 1.38 bits per heavy atom. The van der Waals surface area contributed by atoms with Crippen LogP contribution in [0.1, 0.15) is 19.4 Å². The van der Waals surface area contributed by atoms with Crippen molar-refractivity contribution >= 4 is 39.7 Å². The molecule has 110 valence electrons. The van der Waals surface area contributed by atoms with Crippen molar-refractivity contribution in [2.24, 2.45) is 5.73 Å². The van der Waals surface area contributed by atoms with Crippen LogP contribution in [0.25, 0.3) is 10.9 Å². The van der Waals surface area contributed by atoms with Gasteiger partial charge < -0.3 is 16.4 Å². The van der Waals surface area contributed by atoms with Gasteiger partial charge in [0.05, 0.1) is 23.3 Å². The van der Waals surface area contributed by atoms with Crippen molar-refractivity contribution < 1.29 is 4.79 Å². The lowest BCUT2D eigenvalue weighted by molar-refractivity contribution is -0.119. The van der Waals surface area contributed by atoms with Crippen molar-refractivity contribution in [2.75, 3.05) is 11.9 Å². The number of nitrogens with two attached hydrogens (primary N) is 1. The second kappa shape index (κ2) is 6.49. The van der Waals surface area contributed by atoms with Crippen LogP contribution in [-0.2, 0) is 4.79 Å². The van der Waals surface area contributed by atoms with Crippen molar-refractivity contribution in [2.45, 2.75) is 19.9 Å². The number of hydrogen-bond acceptors (Lipinski definition) is 4. The number of fused-ring (bicyclic) bond motifs is 1. The van der Waals surface area contributed by atoms with Gasteiger partial charge in [-0.25, -0.2) is 0 Å². The average molecular weight is 302 g/mol. The lowest BCUT2D eigenvalue weighted by atomic mass is 10.1. The molecule has 0 atom stereocenters. The predicted molar refractivity (Wildman–Crippen MR) is 89.4 cm³/mol. The van der Waals surface area contributed by atoms with Crippen LogP contribution < -0.4 is 16.4 Å². The number of amides is 1. The fourth-order valence-electron chi connectivity index (χ4n) is 2.06. The Hall–Kier alpha value is -2.21. The number of para-hydroxylation sites is 1. The van der Waals surface area contributed by atoms with Gasteiger partial charge in [-0.2, -0.15) is 0 Å². The van der Waals surface area contributed by atoms with Gasteiger partial charge in [0, 0.05) is 17.6 Å². The van der Waals surface area contributed by atoms with Gasteiger partial charge in [-0.05, 0) is 19.9 Å². The molecule has 1 heterocycles. The summed E-state index contributed by atoms with van der Waals surface area (Å²) in [6.45, 7) is 3.99. The van der Waals surface area contributed by atoms with Gasteiger partial charge in [-0.15, -0.1) is 0 Å². The highest BCUT2D eigenvalue weighted by molar-refractivity contribution is 7.80. The van der Waals surface area contributed by atoms with E-state index in [-0.39, 0.29) is 23.5 Å². The van der Waals surface area contributed by atoms with E-state index >= 15 is 0 Å². The third-order valence-corrected chi connectivity index (χ3v) is 3.14. The van der Waals surface area contributed by atoms with Crippen LogP contribution in [0.15, 0.2) is 30.5 Å². The monoisotopic (exact) mass is 302 g/mol. The first-order valence-corrected chi connectivity index (χ1v) is 7.10. The molecular weight excluding hydrogens is 284 g/mol. The first-order valence-electron chi connectivity index (χ1n) is 6.70. The molecule has 1 aromatic heterocycles. The summed E-state index contributed by atoms with van der Waals surface area (Å²) in [4.78, 5) is 16.4. The molecule has 4 N–H and O–H groups in total. The van der Waals surface area contributed by atoms with Gasteiger partial charge in [-0.3, -0.25) is 9.78 Å². The van der Waals surface area contributed by atoms with Crippen LogP contribution in [0.2, 0.25) is 0 Å². The molecule has 0 fully saturated rings. The number of rotatable bonds is 5. The maximum absolute atomic E-state index is 11.8. The summed E-state index contributed by atoms with van der Waals surface area (Å²) in [5, 5.41) is 6.84. The topological polar surface area (TPSA) is 80.0 Å². The van der Waals surface area contributed by atoms with Crippen LogP contribution >= 0.6 is 12.2 Å². The molecule has 1 aromatic carbocycles. The SMILES string of the molecule is CC(C)NC(=O)CNc1c(C(N)=S)cnc2ccccc12. The van der Waals surface area contributed by atoms with Crippen LogP contribution in [0, 0.1) is 0 Å².